The highest BCUT2D eigenvalue weighted by molar-refractivity contribution is 7.21. The number of nitrogen functional groups attached to an aromatic ring is 1. The Morgan fingerprint density at radius 3 is 2.80 bits per heavy atom. The van der Waals surface area contributed by atoms with Crippen molar-refractivity contribution in [2.45, 2.75) is 13.0 Å². The van der Waals surface area contributed by atoms with E-state index < -0.39 is 12.3 Å². The number of thiophene rings is 1. The van der Waals surface area contributed by atoms with Crippen LogP contribution in [-0.4, -0.2) is 30.8 Å². The van der Waals surface area contributed by atoms with Gasteiger partial charge in [-0.05, 0) is 24.1 Å². The molecule has 0 aliphatic heterocycles. The molecule has 0 aliphatic carbocycles. The molecule has 0 unspecified atom stereocenters. The Morgan fingerprint density at radius 1 is 1.45 bits per heavy atom. The van der Waals surface area contributed by atoms with E-state index in [1.54, 1.807) is 7.05 Å². The summed E-state index contributed by atoms with van der Waals surface area (Å²) in [7, 11) is 1.60. The molecule has 0 atom stereocenters. The number of carbonyl (C=O) groups excluding carboxylic acids is 1. The fourth-order valence-corrected chi connectivity index (χ4v) is 3.19. The molecule has 0 saturated carbocycles. The standard InChI is InChI=1S/C13H15F2N3OS/c1-18(7-11(14)15)6-9-8-4-2-3-5-10(8)20-12(9)13(19)17-16/h2-5,11H,6-7,16H2,1H3,(H,17,19). The smallest absolute Gasteiger partial charge is 0.275 e. The molecule has 1 aromatic carbocycles. The Labute approximate surface area is 119 Å². The second-order valence-electron chi connectivity index (χ2n) is 4.47. The summed E-state index contributed by atoms with van der Waals surface area (Å²) in [6, 6.07) is 7.50. The number of hydrogen-bond donors (Lipinski definition) is 2. The zero-order valence-electron chi connectivity index (χ0n) is 10.9. The van der Waals surface area contributed by atoms with E-state index in [1.165, 1.54) is 16.2 Å². The van der Waals surface area contributed by atoms with Gasteiger partial charge < -0.3 is 0 Å². The van der Waals surface area contributed by atoms with Crippen molar-refractivity contribution >= 4 is 27.3 Å². The van der Waals surface area contributed by atoms with Gasteiger partial charge >= 0.3 is 0 Å². The highest BCUT2D eigenvalue weighted by Gasteiger charge is 2.19. The normalized spacial score (nSPS) is 11.5. The Hall–Kier alpha value is -1.57. The van der Waals surface area contributed by atoms with Crippen molar-refractivity contribution in [2.24, 2.45) is 5.84 Å². The zero-order chi connectivity index (χ0) is 14.7. The lowest BCUT2D eigenvalue weighted by Gasteiger charge is -2.16. The van der Waals surface area contributed by atoms with E-state index in [2.05, 4.69) is 5.43 Å². The number of rotatable bonds is 5. The SMILES string of the molecule is CN(Cc1c(C(=O)NN)sc2ccccc12)CC(F)F. The third kappa shape index (κ3) is 3.12. The number of hydrazine groups is 1. The fraction of sp³-hybridized carbons (Fsp3) is 0.308. The van der Waals surface area contributed by atoms with Gasteiger partial charge in [-0.2, -0.15) is 0 Å². The number of amides is 1. The van der Waals surface area contributed by atoms with Gasteiger partial charge in [0.25, 0.3) is 12.3 Å². The van der Waals surface area contributed by atoms with Crippen LogP contribution in [0.25, 0.3) is 10.1 Å². The van der Waals surface area contributed by atoms with E-state index in [9.17, 15) is 13.6 Å². The van der Waals surface area contributed by atoms with Crippen LogP contribution in [0.3, 0.4) is 0 Å². The van der Waals surface area contributed by atoms with Crippen LogP contribution in [0, 0.1) is 0 Å². The fourth-order valence-electron chi connectivity index (χ4n) is 2.07. The summed E-state index contributed by atoms with van der Waals surface area (Å²) in [5.74, 6) is 4.78. The third-order valence-corrected chi connectivity index (χ3v) is 4.13. The number of halogens is 2. The molecule has 7 heteroatoms. The first-order chi connectivity index (χ1) is 9.52. The number of benzene rings is 1. The van der Waals surface area contributed by atoms with Crippen LogP contribution in [0.2, 0.25) is 0 Å². The van der Waals surface area contributed by atoms with Gasteiger partial charge in [0.05, 0.1) is 11.4 Å². The molecule has 2 aromatic rings. The summed E-state index contributed by atoms with van der Waals surface area (Å²) in [4.78, 5) is 13.8. The third-order valence-electron chi connectivity index (χ3n) is 2.91. The van der Waals surface area contributed by atoms with Gasteiger partial charge in [-0.3, -0.25) is 15.1 Å². The van der Waals surface area contributed by atoms with Crippen molar-refractivity contribution in [3.05, 3.63) is 34.7 Å². The Kier molecular flexibility index (Phi) is 4.64. The maximum atomic E-state index is 12.4. The highest BCUT2D eigenvalue weighted by atomic mass is 32.1. The maximum Gasteiger partial charge on any atom is 0.275 e. The molecule has 0 fully saturated rings. The van der Waals surface area contributed by atoms with Crippen molar-refractivity contribution in [2.75, 3.05) is 13.6 Å². The Bertz CT molecular complexity index is 615. The largest absolute Gasteiger partial charge is 0.296 e. The molecular weight excluding hydrogens is 284 g/mol. The van der Waals surface area contributed by atoms with Gasteiger partial charge in [0.15, 0.2) is 0 Å². The number of nitrogens with two attached hydrogens (primary N) is 1. The predicted molar refractivity (Wildman–Crippen MR) is 75.8 cm³/mol. The summed E-state index contributed by atoms with van der Waals surface area (Å²) >= 11 is 1.31. The van der Waals surface area contributed by atoms with E-state index in [4.69, 9.17) is 5.84 Å². The van der Waals surface area contributed by atoms with Crippen LogP contribution in [0.15, 0.2) is 24.3 Å². The first-order valence-electron chi connectivity index (χ1n) is 6.01. The number of hydrogen-bond acceptors (Lipinski definition) is 4. The second kappa shape index (κ2) is 6.25. The molecule has 1 amide bonds. The molecule has 0 aliphatic rings. The van der Waals surface area contributed by atoms with Gasteiger partial charge in [0.1, 0.15) is 0 Å². The molecule has 0 spiro atoms. The van der Waals surface area contributed by atoms with Gasteiger partial charge in [0, 0.05) is 11.2 Å². The second-order valence-corrected chi connectivity index (χ2v) is 5.52. The monoisotopic (exact) mass is 299 g/mol. The summed E-state index contributed by atoms with van der Waals surface area (Å²) in [5.41, 5.74) is 2.83. The molecule has 0 radical (unpaired) electrons. The van der Waals surface area contributed by atoms with Crippen molar-refractivity contribution in [1.29, 1.82) is 0 Å². The molecule has 108 valence electrons. The lowest BCUT2D eigenvalue weighted by Crippen LogP contribution is -2.31. The minimum atomic E-state index is -2.41. The van der Waals surface area contributed by atoms with E-state index >= 15 is 0 Å². The lowest BCUT2D eigenvalue weighted by atomic mass is 10.1. The van der Waals surface area contributed by atoms with Gasteiger partial charge in [0.2, 0.25) is 0 Å². The highest BCUT2D eigenvalue weighted by Crippen LogP contribution is 2.32. The quantitative estimate of drug-likeness (QED) is 0.505. The minimum Gasteiger partial charge on any atom is -0.296 e. The van der Waals surface area contributed by atoms with E-state index in [-0.39, 0.29) is 13.1 Å². The molecule has 3 N–H and O–H groups in total. The molecular formula is C13H15F2N3OS. The van der Waals surface area contributed by atoms with Crippen molar-refractivity contribution in [3.8, 4) is 0 Å². The van der Waals surface area contributed by atoms with Gasteiger partial charge in [-0.1, -0.05) is 18.2 Å². The molecule has 4 nitrogen and oxygen atoms in total. The van der Waals surface area contributed by atoms with Crippen molar-refractivity contribution in [1.82, 2.24) is 10.3 Å². The first-order valence-corrected chi connectivity index (χ1v) is 6.82. The number of fused-ring (bicyclic) bond motifs is 1. The van der Waals surface area contributed by atoms with Crippen molar-refractivity contribution in [3.63, 3.8) is 0 Å². The minimum absolute atomic E-state index is 0.275. The molecule has 1 heterocycles. The van der Waals surface area contributed by atoms with Crippen LogP contribution in [-0.2, 0) is 6.54 Å². The number of nitrogens with zero attached hydrogens (tertiary/aromatic N) is 1. The predicted octanol–water partition coefficient (Wildman–Crippen LogP) is 2.20. The van der Waals surface area contributed by atoms with E-state index in [0.717, 1.165) is 15.6 Å². The van der Waals surface area contributed by atoms with Crippen LogP contribution in [0.5, 0.6) is 0 Å². The van der Waals surface area contributed by atoms with Crippen molar-refractivity contribution < 1.29 is 13.6 Å². The zero-order valence-corrected chi connectivity index (χ0v) is 11.7. The molecule has 20 heavy (non-hydrogen) atoms. The molecule has 1 aromatic heterocycles. The number of carbonyl (C=O) groups is 1. The van der Waals surface area contributed by atoms with E-state index in [0.29, 0.717) is 4.88 Å². The van der Waals surface area contributed by atoms with Crippen LogP contribution in [0.1, 0.15) is 15.2 Å². The number of nitrogens with one attached hydrogen (secondary N) is 1. The topological polar surface area (TPSA) is 58.4 Å². The van der Waals surface area contributed by atoms with Crippen LogP contribution < -0.4 is 11.3 Å². The Balaban J connectivity index is 2.40. The van der Waals surface area contributed by atoms with Gasteiger partial charge in [-0.25, -0.2) is 14.6 Å². The summed E-state index contributed by atoms with van der Waals surface area (Å²) in [6.45, 7) is -0.0645. The van der Waals surface area contributed by atoms with Crippen LogP contribution >= 0.6 is 11.3 Å². The summed E-state index contributed by atoms with van der Waals surface area (Å²) in [6.07, 6.45) is -2.41. The van der Waals surface area contributed by atoms with Gasteiger partial charge in [-0.15, -0.1) is 11.3 Å². The first kappa shape index (κ1) is 14.8. The lowest BCUT2D eigenvalue weighted by molar-refractivity contribution is 0.0946. The molecule has 2 rings (SSSR count). The molecule has 0 bridgehead atoms. The Morgan fingerprint density at radius 2 is 2.15 bits per heavy atom. The number of alkyl halides is 2. The maximum absolute atomic E-state index is 12.4. The van der Waals surface area contributed by atoms with Crippen LogP contribution in [0.4, 0.5) is 8.78 Å². The average molecular weight is 299 g/mol. The summed E-state index contributed by atoms with van der Waals surface area (Å²) < 4.78 is 25.8. The van der Waals surface area contributed by atoms with E-state index in [1.807, 2.05) is 24.3 Å². The molecule has 0 saturated heterocycles. The average Bonchev–Trinajstić information content (AvgIpc) is 2.76. The summed E-state index contributed by atoms with van der Waals surface area (Å²) in [5, 5.41) is 0.900.